The molecule has 1 aliphatic carbocycles. The molecule has 0 saturated carbocycles. The molecule has 54 heavy (non-hydrogen) atoms. The molecule has 3 aromatic carbocycles. The monoisotopic (exact) mass is 744 g/mol. The summed E-state index contributed by atoms with van der Waals surface area (Å²) < 4.78 is 28.5. The maximum absolute atomic E-state index is 14.4. The third kappa shape index (κ3) is 7.01. The number of imide groups is 1. The molecule has 2 amide bonds. The van der Waals surface area contributed by atoms with Crippen LogP contribution in [0.5, 0.6) is 5.75 Å². The maximum atomic E-state index is 14.4. The molecular weight excluding hydrogens is 696 g/mol. The Hall–Kier alpha value is -4.70. The summed E-state index contributed by atoms with van der Waals surface area (Å²) >= 11 is 0. The zero-order chi connectivity index (χ0) is 38.0. The molecule has 0 unspecified atom stereocenters. The van der Waals surface area contributed by atoms with Crippen LogP contribution in [0.2, 0.25) is 5.04 Å². The lowest BCUT2D eigenvalue weighted by Crippen LogP contribution is -2.66. The summed E-state index contributed by atoms with van der Waals surface area (Å²) in [7, 11) is -2.93. The number of hydrogen-bond donors (Lipinski definition) is 1. The molecule has 7 nitrogen and oxygen atoms in total. The molecule has 4 atom stereocenters. The van der Waals surface area contributed by atoms with Crippen molar-refractivity contribution in [2.75, 3.05) is 19.8 Å². The van der Waals surface area contributed by atoms with Crippen LogP contribution in [0.1, 0.15) is 64.6 Å². The van der Waals surface area contributed by atoms with Crippen molar-refractivity contribution >= 4 is 42.2 Å². The molecule has 3 aliphatic rings. The van der Waals surface area contributed by atoms with Crippen LogP contribution in [-0.2, 0) is 18.8 Å². The Balaban J connectivity index is 1.28. The number of carbonyl (C=O) groups is 2. The largest absolute Gasteiger partial charge is 0.505 e. The van der Waals surface area contributed by atoms with E-state index in [0.29, 0.717) is 51.0 Å². The quantitative estimate of drug-likeness (QED) is 0.0916. The van der Waals surface area contributed by atoms with Crippen molar-refractivity contribution in [2.45, 2.75) is 64.5 Å². The van der Waals surface area contributed by atoms with Crippen molar-refractivity contribution in [3.05, 3.63) is 131 Å². The number of halogens is 1. The molecule has 3 heterocycles. The Morgan fingerprint density at radius 1 is 0.963 bits per heavy atom. The van der Waals surface area contributed by atoms with E-state index in [1.54, 1.807) is 12.3 Å². The van der Waals surface area contributed by atoms with Crippen LogP contribution in [0.15, 0.2) is 114 Å². The van der Waals surface area contributed by atoms with Crippen molar-refractivity contribution in [1.82, 2.24) is 9.88 Å². The zero-order valence-electron chi connectivity index (χ0n) is 31.5. The number of likely N-dealkylation sites (tertiary alicyclic amines) is 1. The second-order valence-electron chi connectivity index (χ2n) is 15.7. The average molecular weight is 745 g/mol. The van der Waals surface area contributed by atoms with E-state index in [-0.39, 0.29) is 28.9 Å². The highest BCUT2D eigenvalue weighted by Gasteiger charge is 2.57. The van der Waals surface area contributed by atoms with Crippen LogP contribution in [0.25, 0.3) is 11.6 Å². The molecule has 0 spiro atoms. The molecule has 280 valence electrons. The second-order valence-corrected chi connectivity index (χ2v) is 20.0. The highest BCUT2D eigenvalue weighted by Crippen LogP contribution is 2.50. The topological polar surface area (TPSA) is 89.0 Å². The van der Waals surface area contributed by atoms with Crippen molar-refractivity contribution in [1.29, 1.82) is 0 Å². The van der Waals surface area contributed by atoms with E-state index in [9.17, 15) is 19.1 Å². The zero-order valence-corrected chi connectivity index (χ0v) is 32.5. The summed E-state index contributed by atoms with van der Waals surface area (Å²) in [6.45, 7) is 9.86. The van der Waals surface area contributed by atoms with Crippen LogP contribution in [0, 0.1) is 23.6 Å². The van der Waals surface area contributed by atoms with Crippen LogP contribution >= 0.6 is 0 Å². The fourth-order valence-corrected chi connectivity index (χ4v) is 13.5. The van der Waals surface area contributed by atoms with Gasteiger partial charge in [0.25, 0.3) is 8.32 Å². The van der Waals surface area contributed by atoms with Crippen LogP contribution in [-0.4, -0.2) is 61.0 Å². The van der Waals surface area contributed by atoms with Gasteiger partial charge in [-0.1, -0.05) is 100 Å². The van der Waals surface area contributed by atoms with E-state index in [0.717, 1.165) is 22.4 Å². The van der Waals surface area contributed by atoms with E-state index in [1.807, 2.05) is 43.3 Å². The number of aromatic nitrogens is 1. The summed E-state index contributed by atoms with van der Waals surface area (Å²) in [6, 6.07) is 31.1. The van der Waals surface area contributed by atoms with Gasteiger partial charge in [0.1, 0.15) is 0 Å². The number of hydrogen-bond acceptors (Lipinski definition) is 6. The number of fused-ring (bicyclic) bond motifs is 3. The van der Waals surface area contributed by atoms with E-state index >= 15 is 0 Å². The normalized spacial score (nSPS) is 21.8. The van der Waals surface area contributed by atoms with Crippen molar-refractivity contribution in [2.24, 2.45) is 17.8 Å². The number of amides is 2. The standard InChI is InChI=1S/C45H49FN2O5Si/c1-5-24-48-43(50)35-27-32(28-53-54(45(2,3)4,33-14-8-6-9-15-33)34-16-10-7-11-17-34)41-36(42(35)44(48)51)29-52-40(41)22-20-31(38-18-12-13-23-47-38)25-30-19-21-39(49)37(46)26-30/h6-19,21,23,25-26,35-36,40,42,49H,5,20,22,24,27-29H2,1-4H3/b31-25-/t35-,36+,40-,42-/m1/s1. The number of ether oxygens (including phenoxy) is 1. The SMILES string of the molecule is CCCN1C(=O)[C@@H]2[C@@H](CC(CO[Si](c3ccccc3)(c3ccccc3)C(C)(C)C)=C3[C@@H](CC/C(=C/c4ccc(O)c(F)c4)c4ccccn4)OC[C@@H]32)C1=O. The number of carbonyl (C=O) groups excluding carboxylic acids is 2. The summed E-state index contributed by atoms with van der Waals surface area (Å²) in [5.41, 5.74) is 4.42. The van der Waals surface area contributed by atoms with Crippen molar-refractivity contribution in [3.63, 3.8) is 0 Å². The van der Waals surface area contributed by atoms with Crippen molar-refractivity contribution in [3.8, 4) is 5.75 Å². The molecular formula is C45H49FN2O5Si. The minimum atomic E-state index is -2.93. The number of aromatic hydroxyl groups is 1. The highest BCUT2D eigenvalue weighted by molar-refractivity contribution is 6.99. The Kier molecular flexibility index (Phi) is 10.8. The van der Waals surface area contributed by atoms with E-state index < -0.39 is 31.7 Å². The summed E-state index contributed by atoms with van der Waals surface area (Å²) in [4.78, 5) is 34.0. The first-order valence-electron chi connectivity index (χ1n) is 19.1. The number of nitrogens with zero attached hydrogens (tertiary/aromatic N) is 2. The predicted molar refractivity (Wildman–Crippen MR) is 212 cm³/mol. The Bertz CT molecular complexity index is 2010. The summed E-state index contributed by atoms with van der Waals surface area (Å²) in [5.74, 6) is -2.38. The fourth-order valence-electron chi connectivity index (χ4n) is 9.00. The van der Waals surface area contributed by atoms with E-state index in [1.165, 1.54) is 27.4 Å². The third-order valence-electron chi connectivity index (χ3n) is 11.4. The van der Waals surface area contributed by atoms with E-state index in [4.69, 9.17) is 9.16 Å². The van der Waals surface area contributed by atoms with Gasteiger partial charge in [0.15, 0.2) is 11.6 Å². The summed E-state index contributed by atoms with van der Waals surface area (Å²) in [5, 5.41) is 11.9. The molecule has 1 aromatic heterocycles. The second kappa shape index (κ2) is 15.6. The van der Waals surface area contributed by atoms with Crippen molar-refractivity contribution < 1.29 is 28.2 Å². The average Bonchev–Trinajstić information content (AvgIpc) is 3.70. The predicted octanol–water partition coefficient (Wildman–Crippen LogP) is 7.55. The number of rotatable bonds is 12. The Labute approximate surface area is 318 Å². The van der Waals surface area contributed by atoms with Crippen LogP contribution in [0.4, 0.5) is 4.39 Å². The minimum absolute atomic E-state index is 0.0844. The van der Waals surface area contributed by atoms with Gasteiger partial charge in [0.05, 0.1) is 36.8 Å². The van der Waals surface area contributed by atoms with Gasteiger partial charge in [-0.15, -0.1) is 0 Å². The van der Waals surface area contributed by atoms with Gasteiger partial charge in [-0.2, -0.15) is 0 Å². The Morgan fingerprint density at radius 3 is 2.26 bits per heavy atom. The van der Waals surface area contributed by atoms with Crippen LogP contribution in [0.3, 0.4) is 0 Å². The van der Waals surface area contributed by atoms with Gasteiger partial charge < -0.3 is 14.3 Å². The van der Waals surface area contributed by atoms with Gasteiger partial charge in [0, 0.05) is 18.7 Å². The molecule has 4 aromatic rings. The highest BCUT2D eigenvalue weighted by atomic mass is 28.4. The number of phenolic OH excluding ortho intramolecular Hbond substituents is 1. The summed E-state index contributed by atoms with van der Waals surface area (Å²) in [6.07, 6.45) is 5.64. The Morgan fingerprint density at radius 2 is 1.65 bits per heavy atom. The van der Waals surface area contributed by atoms with Gasteiger partial charge in [0.2, 0.25) is 11.8 Å². The molecule has 2 aliphatic heterocycles. The maximum Gasteiger partial charge on any atom is 0.261 e. The first-order valence-corrected chi connectivity index (χ1v) is 21.0. The minimum Gasteiger partial charge on any atom is -0.505 e. The number of pyridine rings is 1. The number of allylic oxidation sites excluding steroid dienone is 1. The molecule has 1 N–H and O–H groups in total. The van der Waals surface area contributed by atoms with Crippen LogP contribution < -0.4 is 10.4 Å². The molecule has 9 heteroatoms. The molecule has 7 rings (SSSR count). The first kappa shape index (κ1) is 37.6. The van der Waals surface area contributed by atoms with Gasteiger partial charge >= 0.3 is 0 Å². The third-order valence-corrected chi connectivity index (χ3v) is 16.4. The van der Waals surface area contributed by atoms with Gasteiger partial charge in [-0.05, 0) is 93.7 Å². The lowest BCUT2D eigenvalue weighted by molar-refractivity contribution is -0.140. The molecule has 2 saturated heterocycles. The molecule has 0 bridgehead atoms. The smallest absolute Gasteiger partial charge is 0.261 e. The van der Waals surface area contributed by atoms with Gasteiger partial charge in [-0.3, -0.25) is 19.5 Å². The molecule has 2 fully saturated rings. The van der Waals surface area contributed by atoms with Gasteiger partial charge in [-0.25, -0.2) is 4.39 Å². The number of phenols is 1. The lowest BCUT2D eigenvalue weighted by Gasteiger charge is -2.44. The number of benzene rings is 3. The van der Waals surface area contributed by atoms with E-state index in [2.05, 4.69) is 74.3 Å². The molecule has 0 radical (unpaired) electrons. The lowest BCUT2D eigenvalue weighted by atomic mass is 9.69. The fraction of sp³-hybridized carbons (Fsp3) is 0.356. The first-order chi connectivity index (χ1) is 26.0.